The van der Waals surface area contributed by atoms with Crippen LogP contribution in [0.3, 0.4) is 0 Å². The lowest BCUT2D eigenvalue weighted by atomic mass is 10.1. The van der Waals surface area contributed by atoms with E-state index in [-0.39, 0.29) is 36.4 Å². The SMILES string of the molecule is CC(C)c1cnn2c(NC3CCN(C(=O)OC4CCN(C(=O)OC(C)(C)C)C4)CC3)cc(O[C@@H]3CCCN(CC4(F)CC4)C3)nc12. The van der Waals surface area contributed by atoms with Crippen molar-refractivity contribution in [2.24, 2.45) is 0 Å². The Hall–Kier alpha value is -3.35. The first kappa shape index (κ1) is 32.6. The molecule has 3 aliphatic heterocycles. The molecule has 4 aliphatic rings. The summed E-state index contributed by atoms with van der Waals surface area (Å²) in [5.74, 6) is 1.58. The van der Waals surface area contributed by atoms with Gasteiger partial charge in [-0.25, -0.2) is 14.0 Å². The maximum atomic E-state index is 14.5. The van der Waals surface area contributed by atoms with Gasteiger partial charge in [0.25, 0.3) is 0 Å². The van der Waals surface area contributed by atoms with Crippen molar-refractivity contribution in [2.75, 3.05) is 51.1 Å². The summed E-state index contributed by atoms with van der Waals surface area (Å²) in [5, 5.41) is 8.31. The fourth-order valence-electron chi connectivity index (χ4n) is 6.60. The van der Waals surface area contributed by atoms with Gasteiger partial charge in [-0.15, -0.1) is 0 Å². The Morgan fingerprint density at radius 1 is 1.02 bits per heavy atom. The van der Waals surface area contributed by atoms with Crippen molar-refractivity contribution in [1.29, 1.82) is 0 Å². The molecule has 254 valence electrons. The first-order valence-electron chi connectivity index (χ1n) is 17.0. The Labute approximate surface area is 270 Å². The lowest BCUT2D eigenvalue weighted by molar-refractivity contribution is 0.0235. The van der Waals surface area contributed by atoms with Crippen molar-refractivity contribution < 1.29 is 28.2 Å². The van der Waals surface area contributed by atoms with Gasteiger partial charge in [0.2, 0.25) is 5.88 Å². The van der Waals surface area contributed by atoms with E-state index in [1.165, 1.54) is 0 Å². The largest absolute Gasteiger partial charge is 0.473 e. The standard InChI is InChI=1S/C33H50FN7O5/c1-22(2)26-18-35-41-27(17-28(37-29(26)41)44-24-7-6-13-38(19-24)21-33(34)11-12-33)36-23-8-14-39(15-9-23)30(42)45-25-10-16-40(20-25)31(43)46-32(3,4)5/h17-18,22-25,36H,6-16,19-21H2,1-5H3/t24-,25?/m1/s1. The van der Waals surface area contributed by atoms with Gasteiger partial charge in [0.05, 0.1) is 12.7 Å². The third kappa shape index (κ3) is 7.95. The molecule has 4 fully saturated rings. The molecule has 2 aromatic rings. The molecule has 2 amide bonds. The van der Waals surface area contributed by atoms with Crippen molar-refractivity contribution in [3.8, 4) is 5.88 Å². The number of fused-ring (bicyclic) bond motifs is 1. The highest BCUT2D eigenvalue weighted by molar-refractivity contribution is 5.70. The second kappa shape index (κ2) is 13.0. The number of nitrogens with one attached hydrogen (secondary N) is 1. The molecule has 1 N–H and O–H groups in total. The summed E-state index contributed by atoms with van der Waals surface area (Å²) < 4.78 is 34.0. The highest BCUT2D eigenvalue weighted by atomic mass is 19.1. The molecule has 1 saturated carbocycles. The average molecular weight is 644 g/mol. The number of ether oxygens (including phenoxy) is 3. The number of anilines is 1. The van der Waals surface area contributed by atoms with Crippen LogP contribution in [0.2, 0.25) is 0 Å². The normalized spacial score (nSPS) is 24.0. The maximum absolute atomic E-state index is 14.5. The topological polar surface area (TPSA) is 114 Å². The van der Waals surface area contributed by atoms with E-state index in [0.29, 0.717) is 64.4 Å². The lowest BCUT2D eigenvalue weighted by Crippen LogP contribution is -2.44. The molecule has 12 nitrogen and oxygen atoms in total. The number of carbonyl (C=O) groups excluding carboxylic acids is 2. The number of likely N-dealkylation sites (tertiary alicyclic amines) is 3. The van der Waals surface area contributed by atoms with Crippen LogP contribution in [-0.4, -0.2) is 117 Å². The van der Waals surface area contributed by atoms with Crippen LogP contribution in [0.1, 0.15) is 91.0 Å². The summed E-state index contributed by atoms with van der Waals surface area (Å²) in [6, 6.07) is 2.03. The van der Waals surface area contributed by atoms with Crippen LogP contribution in [0.5, 0.6) is 5.88 Å². The van der Waals surface area contributed by atoms with Crippen LogP contribution < -0.4 is 10.1 Å². The van der Waals surface area contributed by atoms with E-state index < -0.39 is 11.3 Å². The summed E-state index contributed by atoms with van der Waals surface area (Å²) in [4.78, 5) is 35.8. The molecule has 13 heteroatoms. The maximum Gasteiger partial charge on any atom is 0.410 e. The summed E-state index contributed by atoms with van der Waals surface area (Å²) in [6.45, 7) is 13.8. The Balaban J connectivity index is 1.05. The van der Waals surface area contributed by atoms with E-state index in [4.69, 9.17) is 19.2 Å². The summed E-state index contributed by atoms with van der Waals surface area (Å²) in [5.41, 5.74) is 0.233. The zero-order valence-electron chi connectivity index (χ0n) is 28.0. The van der Waals surface area contributed by atoms with E-state index in [9.17, 15) is 14.0 Å². The van der Waals surface area contributed by atoms with Gasteiger partial charge in [-0.3, -0.25) is 4.90 Å². The Morgan fingerprint density at radius 2 is 1.76 bits per heavy atom. The molecule has 2 aromatic heterocycles. The number of hydrogen-bond donors (Lipinski definition) is 1. The molecule has 1 aliphatic carbocycles. The van der Waals surface area contributed by atoms with Crippen LogP contribution in [0, 0.1) is 0 Å². The highest BCUT2D eigenvalue weighted by Crippen LogP contribution is 2.41. The molecule has 3 saturated heterocycles. The molecule has 0 radical (unpaired) electrons. The quantitative estimate of drug-likeness (QED) is 0.414. The number of hydrogen-bond acceptors (Lipinski definition) is 9. The van der Waals surface area contributed by atoms with Gasteiger partial charge in [-0.1, -0.05) is 13.8 Å². The monoisotopic (exact) mass is 643 g/mol. The van der Waals surface area contributed by atoms with Crippen LogP contribution in [0.25, 0.3) is 5.65 Å². The van der Waals surface area contributed by atoms with E-state index >= 15 is 0 Å². The average Bonchev–Trinajstić information content (AvgIpc) is 3.34. The summed E-state index contributed by atoms with van der Waals surface area (Å²) in [6.07, 6.45) is 6.06. The molecule has 46 heavy (non-hydrogen) atoms. The summed E-state index contributed by atoms with van der Waals surface area (Å²) >= 11 is 0. The van der Waals surface area contributed by atoms with Crippen LogP contribution in [0.4, 0.5) is 19.8 Å². The third-order valence-corrected chi connectivity index (χ3v) is 9.32. The number of rotatable bonds is 8. The number of alkyl halides is 1. The van der Waals surface area contributed by atoms with Crippen molar-refractivity contribution >= 4 is 23.7 Å². The van der Waals surface area contributed by atoms with Gasteiger partial charge in [-0.2, -0.15) is 14.6 Å². The fourth-order valence-corrected chi connectivity index (χ4v) is 6.60. The number of aromatic nitrogens is 3. The molecule has 0 spiro atoms. The summed E-state index contributed by atoms with van der Waals surface area (Å²) in [7, 11) is 0. The number of nitrogens with zero attached hydrogens (tertiary/aromatic N) is 6. The van der Waals surface area contributed by atoms with Gasteiger partial charge in [0, 0.05) is 56.8 Å². The van der Waals surface area contributed by atoms with Crippen LogP contribution in [0.15, 0.2) is 12.3 Å². The molecular formula is C33H50FN7O5. The molecule has 5 heterocycles. The van der Waals surface area contributed by atoms with Crippen molar-refractivity contribution in [3.05, 3.63) is 17.8 Å². The lowest BCUT2D eigenvalue weighted by Gasteiger charge is -2.34. The molecule has 1 unspecified atom stereocenters. The number of piperidine rings is 2. The second-order valence-corrected chi connectivity index (χ2v) is 14.9. The highest BCUT2D eigenvalue weighted by Gasteiger charge is 2.45. The number of carbonyl (C=O) groups is 2. The Kier molecular flexibility index (Phi) is 9.24. The van der Waals surface area contributed by atoms with Gasteiger partial charge >= 0.3 is 12.2 Å². The third-order valence-electron chi connectivity index (χ3n) is 9.32. The van der Waals surface area contributed by atoms with Crippen molar-refractivity contribution in [1.82, 2.24) is 29.3 Å². The second-order valence-electron chi connectivity index (χ2n) is 14.9. The van der Waals surface area contributed by atoms with Crippen molar-refractivity contribution in [2.45, 2.75) is 115 Å². The van der Waals surface area contributed by atoms with Gasteiger partial charge in [-0.05, 0) is 71.8 Å². The minimum atomic E-state index is -1.01. The molecule has 2 atom stereocenters. The first-order valence-corrected chi connectivity index (χ1v) is 17.0. The van der Waals surface area contributed by atoms with E-state index in [1.54, 1.807) is 9.80 Å². The molecule has 6 rings (SSSR count). The molecular weight excluding hydrogens is 593 g/mol. The van der Waals surface area contributed by atoms with E-state index in [1.807, 2.05) is 37.5 Å². The van der Waals surface area contributed by atoms with Gasteiger partial charge < -0.3 is 29.3 Å². The Morgan fingerprint density at radius 3 is 2.46 bits per heavy atom. The fraction of sp³-hybridized carbons (Fsp3) is 0.758. The van der Waals surface area contributed by atoms with E-state index in [0.717, 1.165) is 49.3 Å². The van der Waals surface area contributed by atoms with Gasteiger partial charge in [0.1, 0.15) is 29.3 Å². The Bertz CT molecular complexity index is 1400. The number of amides is 2. The number of halogens is 1. The molecule has 0 aromatic carbocycles. The smallest absolute Gasteiger partial charge is 0.410 e. The van der Waals surface area contributed by atoms with Crippen LogP contribution in [-0.2, 0) is 9.47 Å². The zero-order valence-corrected chi connectivity index (χ0v) is 28.0. The van der Waals surface area contributed by atoms with Gasteiger partial charge in [0.15, 0.2) is 5.65 Å². The minimum Gasteiger partial charge on any atom is -0.473 e. The molecule has 0 bridgehead atoms. The van der Waals surface area contributed by atoms with E-state index in [2.05, 4.69) is 29.2 Å². The van der Waals surface area contributed by atoms with Crippen LogP contribution >= 0.6 is 0 Å². The zero-order chi connectivity index (χ0) is 32.6. The van der Waals surface area contributed by atoms with Crippen molar-refractivity contribution in [3.63, 3.8) is 0 Å². The first-order chi connectivity index (χ1) is 21.8. The minimum absolute atomic E-state index is 0.0466. The predicted molar refractivity (Wildman–Crippen MR) is 171 cm³/mol. The predicted octanol–water partition coefficient (Wildman–Crippen LogP) is 5.22.